The number of aliphatic hydroxyl groups excluding tert-OH is 3. The fourth-order valence-electron chi connectivity index (χ4n) is 17.1. The molecule has 11 rings (SSSR count). The monoisotopic (exact) mass is 918 g/mol. The maximum Gasteiger partial charge on any atom is 0.303 e. The highest BCUT2D eigenvalue weighted by atomic mass is 19.1. The number of aliphatic hydroxyl groups is 3. The molecule has 2 aliphatic heterocycles. The van der Waals surface area contributed by atoms with E-state index in [0.717, 1.165) is 31.3 Å². The summed E-state index contributed by atoms with van der Waals surface area (Å²) in [5.41, 5.74) is -5.84. The van der Waals surface area contributed by atoms with Crippen LogP contribution in [-0.2, 0) is 47.7 Å². The maximum absolute atomic E-state index is 17.4. The van der Waals surface area contributed by atoms with Crippen molar-refractivity contribution in [2.75, 3.05) is 13.2 Å². The minimum absolute atomic E-state index is 0.0110. The summed E-state index contributed by atoms with van der Waals surface area (Å²) in [6, 6.07) is 0. The van der Waals surface area contributed by atoms with Crippen LogP contribution in [0.2, 0.25) is 0 Å². The van der Waals surface area contributed by atoms with Gasteiger partial charge in [0.2, 0.25) is 5.78 Å². The van der Waals surface area contributed by atoms with Crippen LogP contribution in [0.3, 0.4) is 0 Å². The number of rotatable bonds is 5. The first-order valence-corrected chi connectivity index (χ1v) is 24.4. The van der Waals surface area contributed by atoms with Crippen LogP contribution in [0.1, 0.15) is 126 Å². The Labute approximate surface area is 385 Å². The van der Waals surface area contributed by atoms with E-state index < -0.39 is 94.2 Å². The quantitative estimate of drug-likeness (QED) is 0.279. The molecular weight excluding hydrogens is 852 g/mol. The zero-order chi connectivity index (χ0) is 47.4. The third-order valence-corrected chi connectivity index (χ3v) is 19.7. The minimum Gasteiger partial charge on any atom is -0.458 e. The van der Waals surface area contributed by atoms with E-state index in [4.69, 9.17) is 23.7 Å². The summed E-state index contributed by atoms with van der Waals surface area (Å²) < 4.78 is 48.4. The van der Waals surface area contributed by atoms with E-state index in [1.807, 2.05) is 19.9 Å². The van der Waals surface area contributed by atoms with Crippen molar-refractivity contribution in [3.63, 3.8) is 0 Å². The fraction of sp³-hybridized carbons (Fsp3) is 0.750. The van der Waals surface area contributed by atoms with Gasteiger partial charge < -0.3 is 39.0 Å². The molecule has 7 saturated carbocycles. The lowest BCUT2D eigenvalue weighted by molar-refractivity contribution is -0.253. The maximum atomic E-state index is 17.4. The SMILES string of the molecule is CC(=O)OCC(=O)[C@@]12OC3(CCCC3)O[C@@H]1C[C@H]1[C@@H]3CCC4=CC(=O)C=C[C@]4(C)[C@@]3(F)[C@@H](O)C[C@@]12C.CC1(C)O[C@@H]2C[C@H]3[C@@H]4CCC5=CC(=O)C=C[C@]5(C)[C@H]4[C@@H](O)C[C@]3(C)[C@]2(C(=O)CO)O1. The molecule has 0 aromatic carbocycles. The second-order valence-electron chi connectivity index (χ2n) is 23.1. The molecule has 11 aliphatic rings. The van der Waals surface area contributed by atoms with Crippen molar-refractivity contribution in [2.45, 2.75) is 178 Å². The van der Waals surface area contributed by atoms with Crippen molar-refractivity contribution in [3.8, 4) is 0 Å². The van der Waals surface area contributed by atoms with Crippen molar-refractivity contribution >= 4 is 29.1 Å². The van der Waals surface area contributed by atoms with E-state index >= 15 is 4.39 Å². The highest BCUT2D eigenvalue weighted by Crippen LogP contribution is 2.74. The van der Waals surface area contributed by atoms with Gasteiger partial charge in [-0.3, -0.25) is 24.0 Å². The zero-order valence-corrected chi connectivity index (χ0v) is 39.4. The van der Waals surface area contributed by atoms with Crippen LogP contribution >= 0.6 is 0 Å². The summed E-state index contributed by atoms with van der Waals surface area (Å²) in [5, 5.41) is 32.9. The number of hydrogen-bond acceptors (Lipinski definition) is 13. The summed E-state index contributed by atoms with van der Waals surface area (Å²) >= 11 is 0. The van der Waals surface area contributed by atoms with Crippen molar-refractivity contribution in [2.24, 2.45) is 51.2 Å². The Morgan fingerprint density at radius 2 is 1.38 bits per heavy atom. The Kier molecular flexibility index (Phi) is 10.5. The molecule has 360 valence electrons. The van der Waals surface area contributed by atoms with Crippen LogP contribution in [-0.4, -0.2) is 110 Å². The molecule has 0 aromatic heterocycles. The molecule has 14 heteroatoms. The first-order valence-electron chi connectivity index (χ1n) is 24.4. The molecule has 0 aromatic rings. The Morgan fingerprint density at radius 1 is 0.773 bits per heavy atom. The molecule has 2 saturated heterocycles. The average molecular weight is 919 g/mol. The third kappa shape index (κ3) is 5.90. The largest absolute Gasteiger partial charge is 0.458 e. The summed E-state index contributed by atoms with van der Waals surface area (Å²) in [7, 11) is 0. The van der Waals surface area contributed by atoms with E-state index in [-0.39, 0.29) is 58.6 Å². The van der Waals surface area contributed by atoms with Gasteiger partial charge in [-0.05, 0) is 127 Å². The predicted octanol–water partition coefficient (Wildman–Crippen LogP) is 5.85. The molecule has 3 N–H and O–H groups in total. The fourth-order valence-corrected chi connectivity index (χ4v) is 17.1. The molecule has 2 heterocycles. The van der Waals surface area contributed by atoms with Gasteiger partial charge in [0.25, 0.3) is 0 Å². The first kappa shape index (κ1) is 46.5. The average Bonchev–Trinajstić information content (AvgIpc) is 4.02. The Morgan fingerprint density at radius 3 is 2.06 bits per heavy atom. The van der Waals surface area contributed by atoms with Gasteiger partial charge in [-0.2, -0.15) is 0 Å². The minimum atomic E-state index is -2.00. The molecule has 0 unspecified atom stereocenters. The molecule has 0 bridgehead atoms. The number of ketones is 4. The van der Waals surface area contributed by atoms with Gasteiger partial charge >= 0.3 is 5.97 Å². The van der Waals surface area contributed by atoms with Crippen LogP contribution < -0.4 is 0 Å². The van der Waals surface area contributed by atoms with E-state index in [9.17, 15) is 39.3 Å². The van der Waals surface area contributed by atoms with Gasteiger partial charge in [-0.1, -0.05) is 44.1 Å². The second-order valence-corrected chi connectivity index (χ2v) is 23.1. The lowest BCUT2D eigenvalue weighted by atomic mass is 9.44. The Hall–Kier alpha value is -3.24. The topological polar surface area (TPSA) is 192 Å². The second kappa shape index (κ2) is 14.9. The summed E-state index contributed by atoms with van der Waals surface area (Å²) in [6.45, 7) is 11.7. The number of Topliss-reactive ketones (excluding diaryl/α,β-unsaturated/α-hetero) is 2. The van der Waals surface area contributed by atoms with Crippen LogP contribution in [0.5, 0.6) is 0 Å². The number of hydrogen-bond donors (Lipinski definition) is 3. The van der Waals surface area contributed by atoms with Crippen LogP contribution in [0.25, 0.3) is 0 Å². The van der Waals surface area contributed by atoms with E-state index in [0.29, 0.717) is 50.5 Å². The van der Waals surface area contributed by atoms with Crippen LogP contribution in [0.15, 0.2) is 47.6 Å². The lowest BCUT2D eigenvalue weighted by Crippen LogP contribution is -2.70. The van der Waals surface area contributed by atoms with Crippen molar-refractivity contribution in [3.05, 3.63) is 47.6 Å². The predicted molar refractivity (Wildman–Crippen MR) is 234 cm³/mol. The number of alkyl halides is 1. The van der Waals surface area contributed by atoms with Gasteiger partial charge in [0.05, 0.1) is 24.4 Å². The van der Waals surface area contributed by atoms with Gasteiger partial charge in [0.15, 0.2) is 52.4 Å². The standard InChI is InChI=1S/C28H35FO7.C24H32O6/c1-16(30)34-15-22(33)28-23(35-26(36-28)9-4-5-10-26)13-20-19-7-6-17-12-18(31)8-11-24(17,2)27(19,29)21(32)14-25(20,28)3;1-21(2)29-19-10-16-15-6-5-13-9-14(26)7-8-22(13,3)20(15)17(27)11-23(16,4)24(19,30-21)18(28)12-25/h8,11-12,19-21,23,32H,4-7,9-10,13-15H2,1-3H3;7-9,15-17,19-20,25,27H,5-6,10-12H2,1-4H3/t19-,20-,21-,23+,24-,25-,27-,28+;15-,16-,17-,19+,20+,22-,23-,24+/m00/s1. The van der Waals surface area contributed by atoms with Crippen LogP contribution in [0, 0.1) is 51.2 Å². The number of carbonyl (C=O) groups is 5. The summed E-state index contributed by atoms with van der Waals surface area (Å²) in [5.74, 6) is -3.75. The molecule has 0 radical (unpaired) electrons. The van der Waals surface area contributed by atoms with Crippen LogP contribution in [0.4, 0.5) is 4.39 Å². The normalized spacial score (nSPS) is 49.4. The van der Waals surface area contributed by atoms with Gasteiger partial charge in [0, 0.05) is 53.3 Å². The van der Waals surface area contributed by atoms with Gasteiger partial charge in [-0.25, -0.2) is 4.39 Å². The zero-order valence-electron chi connectivity index (χ0n) is 39.4. The molecule has 16 atom stereocenters. The highest BCUT2D eigenvalue weighted by Gasteiger charge is 2.81. The highest BCUT2D eigenvalue weighted by molar-refractivity contribution is 6.02. The summed E-state index contributed by atoms with van der Waals surface area (Å²) in [4.78, 5) is 62.7. The van der Waals surface area contributed by atoms with Crippen molar-refractivity contribution in [1.29, 1.82) is 0 Å². The number of ether oxygens (including phenoxy) is 5. The van der Waals surface area contributed by atoms with Gasteiger partial charge in [0.1, 0.15) is 6.61 Å². The first-order chi connectivity index (χ1) is 30.9. The molecule has 9 fully saturated rings. The number of allylic oxidation sites excluding steroid dienone is 8. The summed E-state index contributed by atoms with van der Waals surface area (Å²) in [6.07, 6.45) is 14.3. The molecule has 1 spiro atoms. The van der Waals surface area contributed by atoms with Crippen molar-refractivity contribution < 1.29 is 67.4 Å². The van der Waals surface area contributed by atoms with E-state index in [2.05, 4.69) is 6.92 Å². The Bertz CT molecular complexity index is 2280. The lowest BCUT2D eigenvalue weighted by Gasteiger charge is -2.62. The van der Waals surface area contributed by atoms with Gasteiger partial charge in [-0.15, -0.1) is 0 Å². The number of fused-ring (bicyclic) bond motifs is 14. The van der Waals surface area contributed by atoms with E-state index in [1.165, 1.54) is 19.1 Å². The van der Waals surface area contributed by atoms with E-state index in [1.54, 1.807) is 39.0 Å². The molecule has 13 nitrogen and oxygen atoms in total. The number of carbonyl (C=O) groups excluding carboxylic acids is 5. The molecule has 0 amide bonds. The molecular formula is C52H67FO13. The number of halogens is 1. The Balaban J connectivity index is 0.000000158. The third-order valence-electron chi connectivity index (χ3n) is 19.7. The van der Waals surface area contributed by atoms with Crippen molar-refractivity contribution in [1.82, 2.24) is 0 Å². The molecule has 66 heavy (non-hydrogen) atoms. The smallest absolute Gasteiger partial charge is 0.303 e. The molecule has 9 aliphatic carbocycles. The number of esters is 1.